The van der Waals surface area contributed by atoms with Crippen molar-refractivity contribution in [2.24, 2.45) is 11.8 Å². The van der Waals surface area contributed by atoms with Gasteiger partial charge in [-0.2, -0.15) is 13.2 Å². The van der Waals surface area contributed by atoms with Gasteiger partial charge in [-0.25, -0.2) is 4.39 Å². The molecule has 1 aromatic carbocycles. The first-order valence-corrected chi connectivity index (χ1v) is 9.27. The lowest BCUT2D eigenvalue weighted by Crippen LogP contribution is -2.28. The molecule has 2 aromatic rings. The zero-order chi connectivity index (χ0) is 19.2. The average molecular weight is 383 g/mol. The molecule has 1 fully saturated rings. The first kappa shape index (κ1) is 18.4. The van der Waals surface area contributed by atoms with E-state index in [-0.39, 0.29) is 37.1 Å². The third-order valence-electron chi connectivity index (χ3n) is 5.83. The fourth-order valence-corrected chi connectivity index (χ4v) is 4.37. The Morgan fingerprint density at radius 3 is 2.48 bits per heavy atom. The van der Waals surface area contributed by atoms with Crippen LogP contribution < -0.4 is 0 Å². The first-order chi connectivity index (χ1) is 12.9. The second-order valence-corrected chi connectivity index (χ2v) is 7.63. The highest BCUT2D eigenvalue weighted by molar-refractivity contribution is 5.45. The third kappa shape index (κ3) is 3.47. The van der Waals surface area contributed by atoms with E-state index in [1.165, 1.54) is 12.1 Å². The second kappa shape index (κ2) is 6.89. The maximum Gasteiger partial charge on any atom is 0.391 e. The molecule has 0 saturated heterocycles. The summed E-state index contributed by atoms with van der Waals surface area (Å²) in [6.07, 6.45) is -2.14. The summed E-state index contributed by atoms with van der Waals surface area (Å²) in [5.41, 5.74) is 1.53. The molecule has 1 unspecified atom stereocenters. The van der Waals surface area contributed by atoms with Crippen LogP contribution in [0.15, 0.2) is 18.2 Å². The van der Waals surface area contributed by atoms with Gasteiger partial charge in [0.1, 0.15) is 17.5 Å². The minimum Gasteiger partial charge on any atom is -0.396 e. The van der Waals surface area contributed by atoms with Gasteiger partial charge in [-0.3, -0.25) is 4.57 Å². The summed E-state index contributed by atoms with van der Waals surface area (Å²) in [4.78, 5) is 0. The zero-order valence-electron chi connectivity index (χ0n) is 14.7. The Morgan fingerprint density at radius 1 is 1.07 bits per heavy atom. The normalized spacial score (nSPS) is 25.6. The molecule has 1 atom stereocenters. The van der Waals surface area contributed by atoms with Crippen LogP contribution in [0.4, 0.5) is 17.6 Å². The Kier molecular flexibility index (Phi) is 4.70. The molecule has 0 amide bonds. The van der Waals surface area contributed by atoms with Gasteiger partial charge in [0.15, 0.2) is 0 Å². The van der Waals surface area contributed by atoms with Crippen LogP contribution in [0.1, 0.15) is 48.8 Å². The summed E-state index contributed by atoms with van der Waals surface area (Å²) in [5.74, 6) is -0.475. The van der Waals surface area contributed by atoms with Crippen LogP contribution in [-0.2, 0) is 12.8 Å². The Hall–Kier alpha value is -1.96. The zero-order valence-corrected chi connectivity index (χ0v) is 14.7. The van der Waals surface area contributed by atoms with Gasteiger partial charge >= 0.3 is 6.18 Å². The molecule has 0 spiro atoms. The molecule has 2 aliphatic rings. The van der Waals surface area contributed by atoms with Gasteiger partial charge in [0.05, 0.1) is 11.6 Å². The summed E-state index contributed by atoms with van der Waals surface area (Å²) in [6, 6.07) is 4.49. The standard InChI is InChI=1S/C19H21F4N3O/c20-15-5-6-16-13(9-15)7-11(10-27)8-17-24-25-18(26(16)17)12-1-3-14(4-2-12)19(21,22)23/h5-6,9,11-12,14,27H,1-4,7-8,10H2/t11?,12-,14-. The molecular formula is C19H21F4N3O. The molecular weight excluding hydrogens is 362 g/mol. The molecule has 0 bridgehead atoms. The lowest BCUT2D eigenvalue weighted by atomic mass is 9.81. The largest absolute Gasteiger partial charge is 0.396 e. The summed E-state index contributed by atoms with van der Waals surface area (Å²) in [5, 5.41) is 18.2. The van der Waals surface area contributed by atoms with Crippen molar-refractivity contribution in [3.63, 3.8) is 0 Å². The van der Waals surface area contributed by atoms with E-state index in [1.807, 2.05) is 4.57 Å². The van der Waals surface area contributed by atoms with Crippen molar-refractivity contribution in [2.45, 2.75) is 50.6 Å². The molecule has 1 aliphatic carbocycles. The Bertz CT molecular complexity index is 825. The molecule has 1 N–H and O–H groups in total. The summed E-state index contributed by atoms with van der Waals surface area (Å²) in [6.45, 7) is -0.0468. The van der Waals surface area contributed by atoms with Crippen LogP contribution in [0, 0.1) is 17.7 Å². The van der Waals surface area contributed by atoms with Crippen LogP contribution in [0.2, 0.25) is 0 Å². The van der Waals surface area contributed by atoms with Gasteiger partial charge in [-0.1, -0.05) is 0 Å². The number of fused-ring (bicyclic) bond motifs is 3. The van der Waals surface area contributed by atoms with E-state index in [9.17, 15) is 22.7 Å². The van der Waals surface area contributed by atoms with Crippen molar-refractivity contribution in [3.05, 3.63) is 41.2 Å². The third-order valence-corrected chi connectivity index (χ3v) is 5.83. The monoisotopic (exact) mass is 383 g/mol. The first-order valence-electron chi connectivity index (χ1n) is 9.27. The highest BCUT2D eigenvalue weighted by Gasteiger charge is 2.42. The number of hydrogen-bond donors (Lipinski definition) is 1. The summed E-state index contributed by atoms with van der Waals surface area (Å²) < 4.78 is 54.5. The van der Waals surface area contributed by atoms with Crippen LogP contribution >= 0.6 is 0 Å². The predicted molar refractivity (Wildman–Crippen MR) is 90.1 cm³/mol. The van der Waals surface area contributed by atoms with Gasteiger partial charge < -0.3 is 5.11 Å². The molecule has 4 nitrogen and oxygen atoms in total. The molecule has 1 aromatic heterocycles. The fourth-order valence-electron chi connectivity index (χ4n) is 4.37. The van der Waals surface area contributed by atoms with E-state index < -0.39 is 12.1 Å². The molecule has 4 rings (SSSR count). The topological polar surface area (TPSA) is 50.9 Å². The lowest BCUT2D eigenvalue weighted by Gasteiger charge is -2.29. The molecule has 8 heteroatoms. The second-order valence-electron chi connectivity index (χ2n) is 7.63. The van der Waals surface area contributed by atoms with Gasteiger partial charge in [0.25, 0.3) is 0 Å². The smallest absolute Gasteiger partial charge is 0.391 e. The highest BCUT2D eigenvalue weighted by atomic mass is 19.4. The number of nitrogens with zero attached hydrogens (tertiary/aromatic N) is 3. The average Bonchev–Trinajstić information content (AvgIpc) is 2.97. The number of aromatic nitrogens is 3. The van der Waals surface area contributed by atoms with E-state index in [0.717, 1.165) is 11.3 Å². The van der Waals surface area contributed by atoms with Crippen LogP contribution in [0.5, 0.6) is 0 Å². The van der Waals surface area contributed by atoms with Gasteiger partial charge in [-0.05, 0) is 61.8 Å². The Labute approximate surface area is 154 Å². The fraction of sp³-hybridized carbons (Fsp3) is 0.579. The molecule has 27 heavy (non-hydrogen) atoms. The van der Waals surface area contributed by atoms with Gasteiger partial charge in [-0.15, -0.1) is 10.2 Å². The van der Waals surface area contributed by atoms with Crippen LogP contribution in [0.3, 0.4) is 0 Å². The SMILES string of the molecule is OCC1Cc2cc(F)ccc2-n2c(nnc2[C@H]2CC[C@H](C(F)(F)F)CC2)C1. The van der Waals surface area contributed by atoms with Crippen LogP contribution in [-0.4, -0.2) is 32.7 Å². The Morgan fingerprint density at radius 2 is 1.81 bits per heavy atom. The van der Waals surface area contributed by atoms with E-state index in [1.54, 1.807) is 6.07 Å². The van der Waals surface area contributed by atoms with E-state index in [4.69, 9.17) is 0 Å². The van der Waals surface area contributed by atoms with E-state index in [2.05, 4.69) is 10.2 Å². The Balaban J connectivity index is 1.69. The number of rotatable bonds is 2. The maximum atomic E-state index is 13.8. The van der Waals surface area contributed by atoms with Crippen molar-refractivity contribution in [1.82, 2.24) is 14.8 Å². The number of benzene rings is 1. The van der Waals surface area contributed by atoms with Gasteiger partial charge in [0, 0.05) is 18.9 Å². The summed E-state index contributed by atoms with van der Waals surface area (Å²) >= 11 is 0. The van der Waals surface area contributed by atoms with Crippen molar-refractivity contribution in [1.29, 1.82) is 0 Å². The minimum atomic E-state index is -4.15. The molecule has 2 heterocycles. The molecule has 146 valence electrons. The number of hydrogen-bond acceptors (Lipinski definition) is 3. The number of alkyl halides is 3. The predicted octanol–water partition coefficient (Wildman–Crippen LogP) is 3.95. The van der Waals surface area contributed by atoms with Crippen LogP contribution in [0.25, 0.3) is 5.69 Å². The summed E-state index contributed by atoms with van der Waals surface area (Å²) in [7, 11) is 0. The van der Waals surface area contributed by atoms with Crippen molar-refractivity contribution >= 4 is 0 Å². The maximum absolute atomic E-state index is 13.8. The van der Waals surface area contributed by atoms with Gasteiger partial charge in [0.2, 0.25) is 0 Å². The number of halogens is 4. The number of aliphatic hydroxyl groups excluding tert-OH is 1. The van der Waals surface area contributed by atoms with E-state index in [0.29, 0.717) is 37.3 Å². The van der Waals surface area contributed by atoms with Crippen molar-refractivity contribution in [3.8, 4) is 5.69 Å². The lowest BCUT2D eigenvalue weighted by molar-refractivity contribution is -0.182. The molecule has 0 radical (unpaired) electrons. The highest BCUT2D eigenvalue weighted by Crippen LogP contribution is 2.43. The van der Waals surface area contributed by atoms with E-state index >= 15 is 0 Å². The number of aliphatic hydroxyl groups is 1. The quantitative estimate of drug-likeness (QED) is 0.799. The molecule has 1 aliphatic heterocycles. The molecule has 1 saturated carbocycles. The van der Waals surface area contributed by atoms with Crippen molar-refractivity contribution in [2.75, 3.05) is 6.61 Å². The minimum absolute atomic E-state index is 0.0468. The van der Waals surface area contributed by atoms with Crippen molar-refractivity contribution < 1.29 is 22.7 Å².